The summed E-state index contributed by atoms with van der Waals surface area (Å²) in [5.41, 5.74) is 0.962. The van der Waals surface area contributed by atoms with E-state index in [0.717, 1.165) is 0 Å². The van der Waals surface area contributed by atoms with Gasteiger partial charge in [0.2, 0.25) is 0 Å². The summed E-state index contributed by atoms with van der Waals surface area (Å²) in [7, 11) is 0. The molecule has 0 saturated carbocycles. The van der Waals surface area contributed by atoms with E-state index in [9.17, 15) is 24.8 Å². The summed E-state index contributed by atoms with van der Waals surface area (Å²) in [5, 5.41) is 20.8. The Balaban J connectivity index is 2.66. The van der Waals surface area contributed by atoms with Crippen LogP contribution in [0.4, 0.5) is 5.69 Å². The molecule has 0 spiro atoms. The van der Waals surface area contributed by atoms with Crippen molar-refractivity contribution in [2.24, 2.45) is 10.9 Å². The SMILES string of the molecule is CC1=NC(C)=C(C(=O)OC(C)C)C(c2cccc([N+](=O)[O-])c2)C1C(=O)O. The molecule has 0 aromatic heterocycles. The van der Waals surface area contributed by atoms with Crippen molar-refractivity contribution in [2.75, 3.05) is 0 Å². The highest BCUT2D eigenvalue weighted by Crippen LogP contribution is 2.40. The number of non-ortho nitro benzene ring substituents is 1. The summed E-state index contributed by atoms with van der Waals surface area (Å²) in [6.45, 7) is 6.53. The Bertz CT molecular complexity index is 825. The Hall–Kier alpha value is -3.03. The molecule has 26 heavy (non-hydrogen) atoms. The lowest BCUT2D eigenvalue weighted by atomic mass is 9.75. The van der Waals surface area contributed by atoms with E-state index < -0.39 is 34.8 Å². The molecule has 1 aromatic rings. The zero-order valence-electron chi connectivity index (χ0n) is 14.9. The number of allylic oxidation sites excluding steroid dienone is 1. The van der Waals surface area contributed by atoms with Gasteiger partial charge >= 0.3 is 11.9 Å². The van der Waals surface area contributed by atoms with Crippen molar-refractivity contribution in [1.82, 2.24) is 0 Å². The predicted molar refractivity (Wildman–Crippen MR) is 94.0 cm³/mol. The lowest BCUT2D eigenvalue weighted by Crippen LogP contribution is -2.35. The fraction of sp³-hybridized carbons (Fsp3) is 0.389. The molecule has 1 aliphatic heterocycles. The second-order valence-corrected chi connectivity index (χ2v) is 6.35. The Kier molecular flexibility index (Phi) is 5.54. The van der Waals surface area contributed by atoms with Crippen LogP contribution in [0.3, 0.4) is 0 Å². The molecule has 0 fully saturated rings. The quantitative estimate of drug-likeness (QED) is 0.489. The normalized spacial score (nSPS) is 20.0. The largest absolute Gasteiger partial charge is 0.481 e. The number of benzene rings is 1. The van der Waals surface area contributed by atoms with Crippen LogP contribution in [0.2, 0.25) is 0 Å². The van der Waals surface area contributed by atoms with E-state index in [2.05, 4.69) is 4.99 Å². The molecule has 0 amide bonds. The average molecular weight is 360 g/mol. The first-order valence-corrected chi connectivity index (χ1v) is 8.07. The summed E-state index contributed by atoms with van der Waals surface area (Å²) in [6, 6.07) is 5.64. The molecule has 1 aliphatic rings. The van der Waals surface area contributed by atoms with E-state index in [1.54, 1.807) is 33.8 Å². The lowest BCUT2D eigenvalue weighted by molar-refractivity contribution is -0.384. The standard InChI is InChI=1S/C18H20N2O6/c1-9(2)26-18(23)15-11(4)19-10(3)14(17(21)22)16(15)12-6-5-7-13(8-12)20(24)25/h5-9,14,16H,1-4H3,(H,21,22). The number of aliphatic imine (C=N–C) groups is 1. The molecular formula is C18H20N2O6. The van der Waals surface area contributed by atoms with Gasteiger partial charge in [0, 0.05) is 29.5 Å². The molecule has 0 saturated heterocycles. The first kappa shape index (κ1) is 19.3. The van der Waals surface area contributed by atoms with Crippen LogP contribution in [0.1, 0.15) is 39.2 Å². The number of carbonyl (C=O) groups excluding carboxylic acids is 1. The van der Waals surface area contributed by atoms with E-state index >= 15 is 0 Å². The fourth-order valence-corrected chi connectivity index (χ4v) is 3.09. The Labute approximate surface area is 150 Å². The maximum absolute atomic E-state index is 12.6. The van der Waals surface area contributed by atoms with Crippen molar-refractivity contribution in [3.05, 3.63) is 51.2 Å². The maximum atomic E-state index is 12.6. The number of nitro benzene ring substituents is 1. The van der Waals surface area contributed by atoms with E-state index in [-0.39, 0.29) is 11.3 Å². The van der Waals surface area contributed by atoms with Crippen LogP contribution in [-0.4, -0.2) is 33.8 Å². The number of esters is 1. The van der Waals surface area contributed by atoms with Crippen molar-refractivity contribution in [1.29, 1.82) is 0 Å². The summed E-state index contributed by atoms with van der Waals surface area (Å²) in [4.78, 5) is 39.2. The van der Waals surface area contributed by atoms with Crippen molar-refractivity contribution in [2.45, 2.75) is 39.7 Å². The zero-order valence-corrected chi connectivity index (χ0v) is 14.9. The number of carboxylic acid groups (broad SMARTS) is 1. The molecule has 8 nitrogen and oxygen atoms in total. The highest BCUT2D eigenvalue weighted by molar-refractivity contribution is 6.06. The van der Waals surface area contributed by atoms with E-state index in [1.807, 2.05) is 0 Å². The van der Waals surface area contributed by atoms with Gasteiger partial charge in [-0.05, 0) is 33.3 Å². The molecule has 1 N–H and O–H groups in total. The van der Waals surface area contributed by atoms with Gasteiger partial charge < -0.3 is 9.84 Å². The van der Waals surface area contributed by atoms with Gasteiger partial charge in [-0.25, -0.2) is 4.79 Å². The molecule has 2 rings (SSSR count). The second-order valence-electron chi connectivity index (χ2n) is 6.35. The second kappa shape index (κ2) is 7.47. The molecule has 2 atom stereocenters. The number of hydrogen-bond acceptors (Lipinski definition) is 6. The summed E-state index contributed by atoms with van der Waals surface area (Å²) >= 11 is 0. The number of carboxylic acids is 1. The van der Waals surface area contributed by atoms with Gasteiger partial charge in [-0.2, -0.15) is 0 Å². The summed E-state index contributed by atoms with van der Waals surface area (Å²) < 4.78 is 5.26. The topological polar surface area (TPSA) is 119 Å². The van der Waals surface area contributed by atoms with E-state index in [1.165, 1.54) is 18.2 Å². The van der Waals surface area contributed by atoms with Crippen LogP contribution in [0.15, 0.2) is 40.5 Å². The number of carbonyl (C=O) groups is 2. The molecule has 1 heterocycles. The molecular weight excluding hydrogens is 340 g/mol. The third-order valence-electron chi connectivity index (χ3n) is 4.10. The third-order valence-corrected chi connectivity index (χ3v) is 4.10. The van der Waals surface area contributed by atoms with Crippen molar-refractivity contribution in [3.63, 3.8) is 0 Å². The van der Waals surface area contributed by atoms with E-state index in [0.29, 0.717) is 17.0 Å². The first-order chi connectivity index (χ1) is 12.1. The first-order valence-electron chi connectivity index (χ1n) is 8.07. The monoisotopic (exact) mass is 360 g/mol. The van der Waals surface area contributed by atoms with Gasteiger partial charge in [-0.15, -0.1) is 0 Å². The summed E-state index contributed by atoms with van der Waals surface area (Å²) in [5.74, 6) is -3.87. The number of rotatable bonds is 5. The number of nitrogens with zero attached hydrogens (tertiary/aromatic N) is 2. The minimum atomic E-state index is -1.16. The molecule has 8 heteroatoms. The van der Waals surface area contributed by atoms with Crippen LogP contribution in [0.5, 0.6) is 0 Å². The number of ether oxygens (including phenoxy) is 1. The zero-order chi connectivity index (χ0) is 19.6. The smallest absolute Gasteiger partial charge is 0.336 e. The van der Waals surface area contributed by atoms with Gasteiger partial charge in [0.15, 0.2) is 0 Å². The number of nitro groups is 1. The molecule has 0 bridgehead atoms. The molecule has 138 valence electrons. The van der Waals surface area contributed by atoms with E-state index in [4.69, 9.17) is 4.74 Å². The van der Waals surface area contributed by atoms with Gasteiger partial charge in [-0.1, -0.05) is 12.1 Å². The van der Waals surface area contributed by atoms with Crippen LogP contribution in [-0.2, 0) is 14.3 Å². The minimum absolute atomic E-state index is 0.109. The maximum Gasteiger partial charge on any atom is 0.336 e. The van der Waals surface area contributed by atoms with Crippen molar-refractivity contribution < 1.29 is 24.4 Å². The van der Waals surface area contributed by atoms with Gasteiger partial charge in [0.1, 0.15) is 5.92 Å². The third kappa shape index (κ3) is 3.79. The molecule has 2 unspecified atom stereocenters. The van der Waals surface area contributed by atoms with Crippen molar-refractivity contribution in [3.8, 4) is 0 Å². The molecule has 1 aromatic carbocycles. The van der Waals surface area contributed by atoms with Crippen LogP contribution >= 0.6 is 0 Å². The fourth-order valence-electron chi connectivity index (χ4n) is 3.09. The predicted octanol–water partition coefficient (Wildman–Crippen LogP) is 3.08. The van der Waals surface area contributed by atoms with Crippen molar-refractivity contribution >= 4 is 23.3 Å². The minimum Gasteiger partial charge on any atom is -0.481 e. The molecule has 0 aliphatic carbocycles. The Morgan fingerprint density at radius 3 is 2.50 bits per heavy atom. The van der Waals surface area contributed by atoms with Crippen LogP contribution in [0, 0.1) is 16.0 Å². The summed E-state index contributed by atoms with van der Waals surface area (Å²) in [6.07, 6.45) is -0.399. The van der Waals surface area contributed by atoms with Crippen LogP contribution < -0.4 is 0 Å². The number of hydrogen-bond donors (Lipinski definition) is 1. The van der Waals surface area contributed by atoms with Crippen LogP contribution in [0.25, 0.3) is 0 Å². The Morgan fingerprint density at radius 2 is 1.96 bits per heavy atom. The lowest BCUT2D eigenvalue weighted by Gasteiger charge is -2.30. The highest BCUT2D eigenvalue weighted by Gasteiger charge is 2.42. The van der Waals surface area contributed by atoms with Gasteiger partial charge in [0.05, 0.1) is 16.6 Å². The van der Waals surface area contributed by atoms with Gasteiger partial charge in [0.25, 0.3) is 5.69 Å². The highest BCUT2D eigenvalue weighted by atomic mass is 16.6. The average Bonchev–Trinajstić information content (AvgIpc) is 2.52. The Morgan fingerprint density at radius 1 is 1.31 bits per heavy atom. The number of aliphatic carboxylic acids is 1. The molecule has 0 radical (unpaired) electrons. The van der Waals surface area contributed by atoms with Gasteiger partial charge in [-0.3, -0.25) is 19.9 Å².